The zero-order chi connectivity index (χ0) is 19.9. The summed E-state index contributed by atoms with van der Waals surface area (Å²) in [4.78, 5) is 36.1. The van der Waals surface area contributed by atoms with Crippen molar-refractivity contribution in [3.05, 3.63) is 76.2 Å². The largest absolute Gasteiger partial charge is 0.452 e. The lowest BCUT2D eigenvalue weighted by Crippen LogP contribution is -2.37. The Morgan fingerprint density at radius 3 is 2.50 bits per heavy atom. The molecular formula is C21H21N3O4. The second-order valence-electron chi connectivity index (χ2n) is 6.38. The minimum atomic E-state index is -0.919. The molecule has 3 aromatic rings. The molecule has 0 aliphatic rings. The van der Waals surface area contributed by atoms with Crippen LogP contribution in [0, 0.1) is 0 Å². The van der Waals surface area contributed by atoms with Crippen molar-refractivity contribution in [1.29, 1.82) is 0 Å². The fourth-order valence-electron chi connectivity index (χ4n) is 2.85. The van der Waals surface area contributed by atoms with Crippen LogP contribution in [0.3, 0.4) is 0 Å². The Hall–Kier alpha value is -3.48. The average Bonchev–Trinajstić information content (AvgIpc) is 2.71. The van der Waals surface area contributed by atoms with Crippen LogP contribution in [-0.4, -0.2) is 34.7 Å². The first-order valence-electron chi connectivity index (χ1n) is 9.02. The highest BCUT2D eigenvalue weighted by Gasteiger charge is 2.19. The number of hydrogen-bond donors (Lipinski definition) is 2. The van der Waals surface area contributed by atoms with Crippen LogP contribution in [0.1, 0.15) is 18.2 Å². The molecule has 3 rings (SSSR count). The number of amides is 1. The number of fused-ring (bicyclic) bond motifs is 1. The van der Waals surface area contributed by atoms with E-state index in [1.165, 1.54) is 6.92 Å². The molecule has 7 heteroatoms. The van der Waals surface area contributed by atoms with E-state index >= 15 is 0 Å². The van der Waals surface area contributed by atoms with Gasteiger partial charge in [0.25, 0.3) is 11.5 Å². The second-order valence-corrected chi connectivity index (χ2v) is 6.38. The molecule has 28 heavy (non-hydrogen) atoms. The fraction of sp³-hybridized carbons (Fsp3) is 0.238. The van der Waals surface area contributed by atoms with Crippen molar-refractivity contribution in [2.45, 2.75) is 25.9 Å². The first-order chi connectivity index (χ1) is 13.5. The molecule has 0 saturated carbocycles. The van der Waals surface area contributed by atoms with Crippen LogP contribution in [0.15, 0.2) is 59.4 Å². The van der Waals surface area contributed by atoms with Gasteiger partial charge in [-0.2, -0.15) is 5.10 Å². The van der Waals surface area contributed by atoms with E-state index in [1.54, 1.807) is 24.3 Å². The highest BCUT2D eigenvalue weighted by Crippen LogP contribution is 2.13. The summed E-state index contributed by atoms with van der Waals surface area (Å²) in [7, 11) is 0. The van der Waals surface area contributed by atoms with E-state index in [0.29, 0.717) is 29.4 Å². The van der Waals surface area contributed by atoms with Crippen LogP contribution in [0.4, 0.5) is 0 Å². The standard InChI is InChI=1S/C21H21N3O4/c1-14(20(26)22-12-11-15-7-3-2-4-8-15)28-19(25)13-18-16-9-5-6-10-17(16)21(27)24-23-18/h2-10,14H,11-13H2,1H3,(H,22,26)(H,24,27)/t14-/m1/s1. The maximum Gasteiger partial charge on any atom is 0.312 e. The SMILES string of the molecule is C[C@@H](OC(=O)Cc1n[nH]c(=O)c2ccccc12)C(=O)NCCc1ccccc1. The lowest BCUT2D eigenvalue weighted by Gasteiger charge is -2.13. The summed E-state index contributed by atoms with van der Waals surface area (Å²) in [5.41, 5.74) is 1.19. The Kier molecular flexibility index (Phi) is 6.16. The number of nitrogens with zero attached hydrogens (tertiary/aromatic N) is 1. The fourth-order valence-corrected chi connectivity index (χ4v) is 2.85. The Labute approximate surface area is 161 Å². The van der Waals surface area contributed by atoms with Crippen LogP contribution >= 0.6 is 0 Å². The first kappa shape index (κ1) is 19.3. The van der Waals surface area contributed by atoms with Crippen LogP contribution in [0.5, 0.6) is 0 Å². The summed E-state index contributed by atoms with van der Waals surface area (Å²) in [6.45, 7) is 1.98. The maximum atomic E-state index is 12.2. The number of nitrogens with one attached hydrogen (secondary N) is 2. The molecule has 0 saturated heterocycles. The molecule has 1 aromatic heterocycles. The molecule has 1 amide bonds. The summed E-state index contributed by atoms with van der Waals surface area (Å²) in [5.74, 6) is -0.945. The van der Waals surface area contributed by atoms with E-state index in [-0.39, 0.29) is 17.9 Å². The van der Waals surface area contributed by atoms with E-state index in [0.717, 1.165) is 5.56 Å². The number of carbonyl (C=O) groups excluding carboxylic acids is 2. The number of benzene rings is 2. The molecule has 2 N–H and O–H groups in total. The molecule has 0 aliphatic heterocycles. The van der Waals surface area contributed by atoms with Gasteiger partial charge in [-0.1, -0.05) is 48.5 Å². The Morgan fingerprint density at radius 1 is 1.07 bits per heavy atom. The molecule has 0 spiro atoms. The van der Waals surface area contributed by atoms with Gasteiger partial charge in [0.2, 0.25) is 0 Å². The van der Waals surface area contributed by atoms with E-state index in [2.05, 4.69) is 15.5 Å². The molecule has 1 atom stereocenters. The Bertz CT molecular complexity index is 1030. The van der Waals surface area contributed by atoms with Gasteiger partial charge in [-0.05, 0) is 25.0 Å². The van der Waals surface area contributed by atoms with Gasteiger partial charge in [0.1, 0.15) is 0 Å². The van der Waals surface area contributed by atoms with Gasteiger partial charge in [-0.15, -0.1) is 0 Å². The summed E-state index contributed by atoms with van der Waals surface area (Å²) in [6, 6.07) is 16.7. The van der Waals surface area contributed by atoms with Crippen molar-refractivity contribution >= 4 is 22.6 Å². The third kappa shape index (κ3) is 4.82. The third-order valence-electron chi connectivity index (χ3n) is 4.32. The number of carbonyl (C=O) groups is 2. The number of ether oxygens (including phenoxy) is 1. The quantitative estimate of drug-likeness (QED) is 0.609. The van der Waals surface area contributed by atoms with Gasteiger partial charge in [0, 0.05) is 11.9 Å². The van der Waals surface area contributed by atoms with Crippen molar-refractivity contribution in [3.8, 4) is 0 Å². The summed E-state index contributed by atoms with van der Waals surface area (Å²) in [6.07, 6.45) is -0.364. The van der Waals surface area contributed by atoms with Crippen LogP contribution in [0.25, 0.3) is 10.8 Å². The Morgan fingerprint density at radius 2 is 1.75 bits per heavy atom. The zero-order valence-corrected chi connectivity index (χ0v) is 15.5. The lowest BCUT2D eigenvalue weighted by molar-refractivity contribution is -0.154. The number of aromatic amines is 1. The maximum absolute atomic E-state index is 12.2. The topological polar surface area (TPSA) is 101 Å². The summed E-state index contributed by atoms with van der Waals surface area (Å²) in [5, 5.41) is 10.1. The molecule has 0 fully saturated rings. The number of esters is 1. The normalized spacial score (nSPS) is 11.8. The van der Waals surface area contributed by atoms with Crippen molar-refractivity contribution in [1.82, 2.24) is 15.5 Å². The number of hydrogen-bond acceptors (Lipinski definition) is 5. The van der Waals surface area contributed by atoms with E-state index in [4.69, 9.17) is 4.74 Å². The predicted octanol–water partition coefficient (Wildman–Crippen LogP) is 1.76. The van der Waals surface area contributed by atoms with Crippen LogP contribution in [0.2, 0.25) is 0 Å². The van der Waals surface area contributed by atoms with Crippen molar-refractivity contribution < 1.29 is 14.3 Å². The van der Waals surface area contributed by atoms with Gasteiger partial charge >= 0.3 is 5.97 Å². The Balaban J connectivity index is 1.54. The summed E-state index contributed by atoms with van der Waals surface area (Å²) < 4.78 is 5.22. The van der Waals surface area contributed by atoms with Gasteiger partial charge < -0.3 is 10.1 Å². The average molecular weight is 379 g/mol. The molecule has 0 unspecified atom stereocenters. The highest BCUT2D eigenvalue weighted by atomic mass is 16.5. The van der Waals surface area contributed by atoms with Crippen molar-refractivity contribution in [2.24, 2.45) is 0 Å². The third-order valence-corrected chi connectivity index (χ3v) is 4.32. The van der Waals surface area contributed by atoms with Gasteiger partial charge in [0.05, 0.1) is 17.5 Å². The van der Waals surface area contributed by atoms with Gasteiger partial charge in [0.15, 0.2) is 6.10 Å². The molecule has 0 bridgehead atoms. The minimum Gasteiger partial charge on any atom is -0.452 e. The molecule has 0 radical (unpaired) electrons. The predicted molar refractivity (Wildman–Crippen MR) is 105 cm³/mol. The van der Waals surface area contributed by atoms with Crippen LogP contribution < -0.4 is 10.9 Å². The number of H-pyrrole nitrogens is 1. The summed E-state index contributed by atoms with van der Waals surface area (Å²) >= 11 is 0. The highest BCUT2D eigenvalue weighted by molar-refractivity contribution is 5.88. The number of rotatable bonds is 7. The first-order valence-corrected chi connectivity index (χ1v) is 9.02. The molecular weight excluding hydrogens is 358 g/mol. The van der Waals surface area contributed by atoms with Gasteiger partial charge in [-0.25, -0.2) is 5.10 Å². The smallest absolute Gasteiger partial charge is 0.312 e. The van der Waals surface area contributed by atoms with Crippen LogP contribution in [-0.2, 0) is 27.2 Å². The molecule has 2 aromatic carbocycles. The zero-order valence-electron chi connectivity index (χ0n) is 15.5. The van der Waals surface area contributed by atoms with E-state index < -0.39 is 12.1 Å². The molecule has 7 nitrogen and oxygen atoms in total. The minimum absolute atomic E-state index is 0.140. The van der Waals surface area contributed by atoms with Crippen molar-refractivity contribution in [2.75, 3.05) is 6.54 Å². The van der Waals surface area contributed by atoms with E-state index in [9.17, 15) is 14.4 Å². The number of aromatic nitrogens is 2. The van der Waals surface area contributed by atoms with Crippen molar-refractivity contribution in [3.63, 3.8) is 0 Å². The van der Waals surface area contributed by atoms with Gasteiger partial charge in [-0.3, -0.25) is 14.4 Å². The monoisotopic (exact) mass is 379 g/mol. The van der Waals surface area contributed by atoms with E-state index in [1.807, 2.05) is 30.3 Å². The molecule has 0 aliphatic carbocycles. The molecule has 144 valence electrons. The molecule has 1 heterocycles. The lowest BCUT2D eigenvalue weighted by atomic mass is 10.1. The second kappa shape index (κ2) is 8.94.